The first kappa shape index (κ1) is 14.9. The highest BCUT2D eigenvalue weighted by Crippen LogP contribution is 2.66. The summed E-state index contributed by atoms with van der Waals surface area (Å²) in [6.07, 6.45) is 8.18. The molecule has 0 bridgehead atoms. The Balaban J connectivity index is 1.69. The fraction of sp³-hybridized carbons (Fsp3) is 0.850. The smallest absolute Gasteiger partial charge is 0.139 e. The molecule has 2 nitrogen and oxygen atoms in total. The Morgan fingerprint density at radius 2 is 1.91 bits per heavy atom. The lowest BCUT2D eigenvalue weighted by molar-refractivity contribution is -0.136. The van der Waals surface area contributed by atoms with E-state index in [1.54, 1.807) is 0 Å². The van der Waals surface area contributed by atoms with Gasteiger partial charge in [-0.1, -0.05) is 26.0 Å². The SMILES string of the molecule is C=C1C[C@@H]2C3CCC(=O)[C@]3(C)CC[C@H]2[C@]2(C)CCC(O)CC12. The van der Waals surface area contributed by atoms with Crippen LogP contribution in [0.5, 0.6) is 0 Å². The largest absolute Gasteiger partial charge is 0.393 e. The number of hydrogen-bond donors (Lipinski definition) is 1. The molecule has 0 aromatic heterocycles. The average molecular weight is 302 g/mol. The van der Waals surface area contributed by atoms with E-state index >= 15 is 0 Å². The van der Waals surface area contributed by atoms with E-state index in [9.17, 15) is 9.90 Å². The molecule has 4 saturated carbocycles. The average Bonchev–Trinajstić information content (AvgIpc) is 2.77. The zero-order valence-corrected chi connectivity index (χ0v) is 14.1. The van der Waals surface area contributed by atoms with Crippen LogP contribution < -0.4 is 0 Å². The van der Waals surface area contributed by atoms with Crippen molar-refractivity contribution in [3.63, 3.8) is 0 Å². The highest BCUT2D eigenvalue weighted by Gasteiger charge is 2.60. The van der Waals surface area contributed by atoms with Crippen LogP contribution in [0.3, 0.4) is 0 Å². The number of rotatable bonds is 0. The van der Waals surface area contributed by atoms with Crippen LogP contribution in [0.4, 0.5) is 0 Å². The molecule has 0 amide bonds. The number of aliphatic hydroxyl groups excluding tert-OH is 1. The van der Waals surface area contributed by atoms with E-state index < -0.39 is 0 Å². The van der Waals surface area contributed by atoms with Gasteiger partial charge in [0.2, 0.25) is 0 Å². The van der Waals surface area contributed by atoms with Gasteiger partial charge in [-0.05, 0) is 74.0 Å². The van der Waals surface area contributed by atoms with Crippen molar-refractivity contribution in [2.45, 2.75) is 71.3 Å². The lowest BCUT2D eigenvalue weighted by Gasteiger charge is -2.60. The van der Waals surface area contributed by atoms with Crippen molar-refractivity contribution in [1.29, 1.82) is 0 Å². The molecule has 0 aromatic carbocycles. The minimum absolute atomic E-state index is 0.0428. The normalized spacial score (nSPS) is 54.6. The molecule has 0 heterocycles. The molecule has 22 heavy (non-hydrogen) atoms. The minimum Gasteiger partial charge on any atom is -0.393 e. The molecule has 1 N–H and O–H groups in total. The Kier molecular flexibility index (Phi) is 3.18. The number of Topliss-reactive ketones (excluding diaryl/α,β-unsaturated/α-hetero) is 1. The van der Waals surface area contributed by atoms with Gasteiger partial charge in [-0.15, -0.1) is 0 Å². The Labute approximate surface area is 134 Å². The van der Waals surface area contributed by atoms with Gasteiger partial charge < -0.3 is 5.11 Å². The highest BCUT2D eigenvalue weighted by molar-refractivity contribution is 5.87. The van der Waals surface area contributed by atoms with Crippen molar-refractivity contribution in [1.82, 2.24) is 0 Å². The molecule has 2 heteroatoms. The van der Waals surface area contributed by atoms with Gasteiger partial charge in [-0.3, -0.25) is 4.79 Å². The van der Waals surface area contributed by atoms with Gasteiger partial charge in [-0.2, -0.15) is 0 Å². The van der Waals surface area contributed by atoms with Gasteiger partial charge in [0, 0.05) is 11.8 Å². The van der Waals surface area contributed by atoms with Crippen LogP contribution >= 0.6 is 0 Å². The van der Waals surface area contributed by atoms with Crippen LogP contribution in [0.2, 0.25) is 0 Å². The molecule has 4 aliphatic rings. The monoisotopic (exact) mass is 302 g/mol. The molecule has 0 aromatic rings. The molecule has 4 rings (SSSR count). The summed E-state index contributed by atoms with van der Waals surface area (Å²) >= 11 is 0. The second-order valence-corrected chi connectivity index (χ2v) is 9.14. The Bertz CT molecular complexity index is 524. The number of allylic oxidation sites excluding steroid dienone is 1. The molecule has 4 aliphatic carbocycles. The van der Waals surface area contributed by atoms with E-state index in [-0.39, 0.29) is 11.5 Å². The van der Waals surface area contributed by atoms with Gasteiger partial charge in [0.25, 0.3) is 0 Å². The molecule has 0 radical (unpaired) electrons. The van der Waals surface area contributed by atoms with Crippen LogP contribution in [0, 0.1) is 34.5 Å². The third-order valence-corrected chi connectivity index (χ3v) is 8.30. The third-order valence-electron chi connectivity index (χ3n) is 8.30. The van der Waals surface area contributed by atoms with Crippen LogP contribution in [0.1, 0.15) is 65.2 Å². The quantitative estimate of drug-likeness (QED) is 0.683. The molecular formula is C20H30O2. The van der Waals surface area contributed by atoms with E-state index in [1.165, 1.54) is 12.0 Å². The molecular weight excluding hydrogens is 272 g/mol. The van der Waals surface area contributed by atoms with Crippen molar-refractivity contribution in [2.75, 3.05) is 0 Å². The van der Waals surface area contributed by atoms with E-state index in [2.05, 4.69) is 20.4 Å². The van der Waals surface area contributed by atoms with Gasteiger partial charge in [-0.25, -0.2) is 0 Å². The van der Waals surface area contributed by atoms with Crippen LogP contribution in [0.25, 0.3) is 0 Å². The number of fused-ring (bicyclic) bond motifs is 5. The molecule has 122 valence electrons. The van der Waals surface area contributed by atoms with Crippen LogP contribution in [0.15, 0.2) is 12.2 Å². The van der Waals surface area contributed by atoms with E-state index in [4.69, 9.17) is 0 Å². The van der Waals surface area contributed by atoms with Crippen molar-refractivity contribution < 1.29 is 9.90 Å². The molecule has 0 saturated heterocycles. The second-order valence-electron chi connectivity index (χ2n) is 9.14. The summed E-state index contributed by atoms with van der Waals surface area (Å²) in [6, 6.07) is 0. The van der Waals surface area contributed by atoms with Crippen LogP contribution in [-0.2, 0) is 4.79 Å². The topological polar surface area (TPSA) is 37.3 Å². The van der Waals surface area contributed by atoms with Gasteiger partial charge in [0.15, 0.2) is 0 Å². The number of carbonyl (C=O) groups is 1. The summed E-state index contributed by atoms with van der Waals surface area (Å²) < 4.78 is 0. The fourth-order valence-corrected chi connectivity index (χ4v) is 6.99. The Hall–Kier alpha value is -0.630. The molecule has 3 unspecified atom stereocenters. The first-order chi connectivity index (χ1) is 10.4. The first-order valence-corrected chi connectivity index (χ1v) is 9.25. The Morgan fingerprint density at radius 3 is 2.68 bits per heavy atom. The molecule has 7 atom stereocenters. The fourth-order valence-electron chi connectivity index (χ4n) is 6.99. The molecule has 0 aliphatic heterocycles. The summed E-state index contributed by atoms with van der Waals surface area (Å²) in [7, 11) is 0. The van der Waals surface area contributed by atoms with E-state index in [0.717, 1.165) is 50.9 Å². The lowest BCUT2D eigenvalue weighted by Crippen LogP contribution is -2.54. The first-order valence-electron chi connectivity index (χ1n) is 9.25. The maximum atomic E-state index is 12.4. The lowest BCUT2D eigenvalue weighted by atomic mass is 9.44. The van der Waals surface area contributed by atoms with Crippen molar-refractivity contribution in [2.24, 2.45) is 34.5 Å². The maximum absolute atomic E-state index is 12.4. The number of aliphatic hydroxyl groups is 1. The number of carbonyl (C=O) groups excluding carboxylic acids is 1. The zero-order valence-electron chi connectivity index (χ0n) is 14.1. The third kappa shape index (κ3) is 1.79. The van der Waals surface area contributed by atoms with Gasteiger partial charge in [0.1, 0.15) is 5.78 Å². The van der Waals surface area contributed by atoms with Gasteiger partial charge >= 0.3 is 0 Å². The standard InChI is InChI=1S/C20H30O2/c1-12-10-14-15-4-5-18(22)20(15,3)9-7-16(14)19(2)8-6-13(21)11-17(12)19/h13-17,21H,1,4-11H2,2-3H3/t13?,14-,15?,16-,17?,19+,20-/m1/s1. The maximum Gasteiger partial charge on any atom is 0.139 e. The summed E-state index contributed by atoms with van der Waals surface area (Å²) in [6.45, 7) is 9.13. The van der Waals surface area contributed by atoms with Crippen LogP contribution in [-0.4, -0.2) is 17.0 Å². The predicted molar refractivity (Wildman–Crippen MR) is 87.3 cm³/mol. The highest BCUT2D eigenvalue weighted by atomic mass is 16.3. The summed E-state index contributed by atoms with van der Waals surface area (Å²) in [4.78, 5) is 12.4. The Morgan fingerprint density at radius 1 is 1.14 bits per heavy atom. The molecule has 0 spiro atoms. The van der Waals surface area contributed by atoms with Gasteiger partial charge in [0.05, 0.1) is 6.10 Å². The van der Waals surface area contributed by atoms with Crippen molar-refractivity contribution in [3.05, 3.63) is 12.2 Å². The van der Waals surface area contributed by atoms with E-state index in [1.807, 2.05) is 0 Å². The summed E-state index contributed by atoms with van der Waals surface area (Å²) in [5, 5.41) is 10.1. The van der Waals surface area contributed by atoms with E-state index in [0.29, 0.717) is 29.0 Å². The summed E-state index contributed by atoms with van der Waals surface area (Å²) in [5.74, 6) is 3.00. The van der Waals surface area contributed by atoms with Crippen molar-refractivity contribution in [3.8, 4) is 0 Å². The second kappa shape index (κ2) is 4.69. The zero-order chi connectivity index (χ0) is 15.7. The minimum atomic E-state index is -0.131. The van der Waals surface area contributed by atoms with Crippen molar-refractivity contribution >= 4 is 5.78 Å². The number of hydrogen-bond acceptors (Lipinski definition) is 2. The number of ketones is 1. The predicted octanol–water partition coefficient (Wildman–Crippen LogP) is 4.13. The summed E-state index contributed by atoms with van der Waals surface area (Å²) in [5.41, 5.74) is 1.64. The molecule has 4 fully saturated rings.